The molecular formula is C26H17F5N2O. The van der Waals surface area contributed by atoms with E-state index in [2.05, 4.69) is 21.8 Å². The molecule has 1 aromatic heterocycles. The van der Waals surface area contributed by atoms with Crippen LogP contribution in [0.4, 0.5) is 22.0 Å². The van der Waals surface area contributed by atoms with Crippen LogP contribution in [0.25, 0.3) is 10.8 Å². The number of rotatable bonds is 5. The number of benzene rings is 3. The van der Waals surface area contributed by atoms with Crippen LogP contribution in [0.1, 0.15) is 28.1 Å². The van der Waals surface area contributed by atoms with Crippen LogP contribution >= 0.6 is 0 Å². The predicted octanol–water partition coefficient (Wildman–Crippen LogP) is 5.66. The molecule has 0 aliphatic rings. The summed E-state index contributed by atoms with van der Waals surface area (Å²) in [6, 6.07) is 7.13. The molecule has 0 N–H and O–H groups in total. The van der Waals surface area contributed by atoms with Crippen molar-refractivity contribution in [2.45, 2.75) is 19.4 Å². The summed E-state index contributed by atoms with van der Waals surface area (Å²) in [5, 5.41) is -0.0413. The standard InChI is InChI=1S/C26H17F5N2O/c1-34-14-17-12-32-24(33-13-17)7-4-16-9-21(27)20(22(28)10-16)6-3-15-2-5-19-18(8-15)11-23(29)26(31)25(19)30/h2,5,8-13H,4,7,14H2,1H3. The molecule has 172 valence electrons. The lowest BCUT2D eigenvalue weighted by Gasteiger charge is -2.05. The number of hydrogen-bond acceptors (Lipinski definition) is 3. The van der Waals surface area contributed by atoms with Crippen LogP contribution in [0.2, 0.25) is 0 Å². The van der Waals surface area contributed by atoms with Crippen molar-refractivity contribution >= 4 is 10.8 Å². The molecule has 4 aromatic rings. The third-order valence-corrected chi connectivity index (χ3v) is 5.11. The molecule has 0 radical (unpaired) electrons. The molecule has 4 rings (SSSR count). The smallest absolute Gasteiger partial charge is 0.195 e. The Morgan fingerprint density at radius 3 is 2.15 bits per heavy atom. The van der Waals surface area contributed by atoms with Gasteiger partial charge in [0.1, 0.15) is 17.5 Å². The normalized spacial score (nSPS) is 10.9. The van der Waals surface area contributed by atoms with Crippen molar-refractivity contribution < 1.29 is 26.7 Å². The summed E-state index contributed by atoms with van der Waals surface area (Å²) in [5.41, 5.74) is 1.07. The van der Waals surface area contributed by atoms with Crippen LogP contribution in [0.5, 0.6) is 0 Å². The van der Waals surface area contributed by atoms with Crippen LogP contribution in [-0.4, -0.2) is 17.1 Å². The summed E-state index contributed by atoms with van der Waals surface area (Å²) in [6.07, 6.45) is 3.99. The molecule has 0 fully saturated rings. The second-order valence-electron chi connectivity index (χ2n) is 7.55. The Hall–Kier alpha value is -3.83. The molecule has 3 nitrogen and oxygen atoms in total. The first-order chi connectivity index (χ1) is 16.4. The molecule has 8 heteroatoms. The first-order valence-corrected chi connectivity index (χ1v) is 10.2. The fourth-order valence-corrected chi connectivity index (χ4v) is 3.41. The predicted molar refractivity (Wildman–Crippen MR) is 116 cm³/mol. The van der Waals surface area contributed by atoms with E-state index in [0.29, 0.717) is 30.8 Å². The van der Waals surface area contributed by atoms with E-state index in [4.69, 9.17) is 4.74 Å². The molecule has 0 aliphatic heterocycles. The molecule has 34 heavy (non-hydrogen) atoms. The highest BCUT2D eigenvalue weighted by Crippen LogP contribution is 2.24. The van der Waals surface area contributed by atoms with Crippen molar-refractivity contribution in [2.75, 3.05) is 7.11 Å². The summed E-state index contributed by atoms with van der Waals surface area (Å²) in [7, 11) is 1.57. The van der Waals surface area contributed by atoms with Crippen molar-refractivity contribution in [2.24, 2.45) is 0 Å². The molecule has 0 amide bonds. The second kappa shape index (κ2) is 9.98. The van der Waals surface area contributed by atoms with E-state index in [1.807, 2.05) is 0 Å². The van der Waals surface area contributed by atoms with Crippen LogP contribution < -0.4 is 0 Å². The molecule has 0 saturated heterocycles. The van der Waals surface area contributed by atoms with E-state index in [9.17, 15) is 22.0 Å². The van der Waals surface area contributed by atoms with Gasteiger partial charge in [0.2, 0.25) is 0 Å². The maximum atomic E-state index is 14.6. The zero-order chi connectivity index (χ0) is 24.2. The molecule has 0 atom stereocenters. The van der Waals surface area contributed by atoms with Crippen molar-refractivity contribution in [1.29, 1.82) is 0 Å². The number of aryl methyl sites for hydroxylation is 2. The molecule has 0 bridgehead atoms. The maximum absolute atomic E-state index is 14.6. The summed E-state index contributed by atoms with van der Waals surface area (Å²) in [4.78, 5) is 8.41. The van der Waals surface area contributed by atoms with Gasteiger partial charge in [-0.05, 0) is 47.7 Å². The zero-order valence-corrected chi connectivity index (χ0v) is 17.9. The van der Waals surface area contributed by atoms with Gasteiger partial charge >= 0.3 is 0 Å². The maximum Gasteiger partial charge on any atom is 0.195 e. The molecule has 3 aromatic carbocycles. The fourth-order valence-electron chi connectivity index (χ4n) is 3.41. The first kappa shape index (κ1) is 23.3. The number of nitrogens with zero attached hydrogens (tertiary/aromatic N) is 2. The summed E-state index contributed by atoms with van der Waals surface area (Å²) < 4.78 is 74.8. The third-order valence-electron chi connectivity index (χ3n) is 5.11. The Morgan fingerprint density at radius 1 is 0.765 bits per heavy atom. The van der Waals surface area contributed by atoms with Crippen LogP contribution in [0, 0.1) is 40.9 Å². The largest absolute Gasteiger partial charge is 0.380 e. The van der Waals surface area contributed by atoms with Crippen molar-refractivity contribution in [3.8, 4) is 11.8 Å². The average Bonchev–Trinajstić information content (AvgIpc) is 2.82. The minimum absolute atomic E-state index is 0.0805. The van der Waals surface area contributed by atoms with Gasteiger partial charge in [-0.25, -0.2) is 31.9 Å². The lowest BCUT2D eigenvalue weighted by molar-refractivity contribution is 0.184. The van der Waals surface area contributed by atoms with E-state index < -0.39 is 34.6 Å². The Kier molecular flexibility index (Phi) is 6.85. The van der Waals surface area contributed by atoms with Crippen LogP contribution in [0.15, 0.2) is 48.8 Å². The molecule has 1 heterocycles. The highest BCUT2D eigenvalue weighted by molar-refractivity contribution is 5.84. The van der Waals surface area contributed by atoms with Gasteiger partial charge in [-0.1, -0.05) is 17.9 Å². The molecule has 0 aliphatic carbocycles. The Morgan fingerprint density at radius 2 is 1.47 bits per heavy atom. The SMILES string of the molecule is COCc1cnc(CCc2cc(F)c(C#Cc3ccc4c(F)c(F)c(F)cc4c3)c(F)c2)nc1. The van der Waals surface area contributed by atoms with E-state index >= 15 is 0 Å². The summed E-state index contributed by atoms with van der Waals surface area (Å²) >= 11 is 0. The van der Waals surface area contributed by atoms with Gasteiger partial charge in [-0.15, -0.1) is 0 Å². The second-order valence-corrected chi connectivity index (χ2v) is 7.55. The van der Waals surface area contributed by atoms with Gasteiger partial charge in [0.05, 0.1) is 12.2 Å². The highest BCUT2D eigenvalue weighted by Gasteiger charge is 2.14. The third kappa shape index (κ3) is 5.05. The molecular weight excluding hydrogens is 451 g/mol. The summed E-state index contributed by atoms with van der Waals surface area (Å²) in [5.74, 6) is -0.333. The molecule has 0 saturated carbocycles. The monoisotopic (exact) mass is 468 g/mol. The Labute approximate surface area is 192 Å². The number of halogens is 5. The van der Waals surface area contributed by atoms with E-state index in [-0.39, 0.29) is 16.3 Å². The van der Waals surface area contributed by atoms with Gasteiger partial charge in [-0.2, -0.15) is 0 Å². The molecule has 0 spiro atoms. The Bertz CT molecular complexity index is 1400. The number of fused-ring (bicyclic) bond motifs is 1. The van der Waals surface area contributed by atoms with Gasteiger partial charge in [0, 0.05) is 42.4 Å². The van der Waals surface area contributed by atoms with Crippen molar-refractivity contribution in [1.82, 2.24) is 9.97 Å². The van der Waals surface area contributed by atoms with Crippen molar-refractivity contribution in [3.05, 3.63) is 106 Å². The van der Waals surface area contributed by atoms with E-state index in [1.54, 1.807) is 19.5 Å². The summed E-state index contributed by atoms with van der Waals surface area (Å²) in [6.45, 7) is 0.394. The van der Waals surface area contributed by atoms with Gasteiger partial charge in [0.25, 0.3) is 0 Å². The van der Waals surface area contributed by atoms with E-state index in [0.717, 1.165) is 11.6 Å². The van der Waals surface area contributed by atoms with E-state index in [1.165, 1.54) is 30.3 Å². The zero-order valence-electron chi connectivity index (χ0n) is 17.9. The van der Waals surface area contributed by atoms with Gasteiger partial charge in [-0.3, -0.25) is 0 Å². The lowest BCUT2D eigenvalue weighted by atomic mass is 10.0. The fraction of sp³-hybridized carbons (Fsp3) is 0.154. The van der Waals surface area contributed by atoms with Crippen LogP contribution in [-0.2, 0) is 24.2 Å². The van der Waals surface area contributed by atoms with Crippen molar-refractivity contribution in [3.63, 3.8) is 0 Å². The number of ether oxygens (including phenoxy) is 1. The number of hydrogen-bond donors (Lipinski definition) is 0. The lowest BCUT2D eigenvalue weighted by Crippen LogP contribution is -2.01. The minimum Gasteiger partial charge on any atom is -0.380 e. The van der Waals surface area contributed by atoms with Gasteiger partial charge < -0.3 is 4.74 Å². The Balaban J connectivity index is 1.52. The molecule has 0 unspecified atom stereocenters. The highest BCUT2D eigenvalue weighted by atomic mass is 19.2. The average molecular weight is 468 g/mol. The number of methoxy groups -OCH3 is 1. The first-order valence-electron chi connectivity index (χ1n) is 10.2. The van der Waals surface area contributed by atoms with Gasteiger partial charge in [0.15, 0.2) is 17.5 Å². The van der Waals surface area contributed by atoms with Crippen LogP contribution in [0.3, 0.4) is 0 Å². The number of aromatic nitrogens is 2. The minimum atomic E-state index is -1.56. The topological polar surface area (TPSA) is 35.0 Å². The quantitative estimate of drug-likeness (QED) is 0.216.